The summed E-state index contributed by atoms with van der Waals surface area (Å²) in [6.07, 6.45) is 3.61. The van der Waals surface area contributed by atoms with Gasteiger partial charge in [-0.15, -0.1) is 0 Å². The minimum absolute atomic E-state index is 0.0328. The van der Waals surface area contributed by atoms with Gasteiger partial charge in [0.15, 0.2) is 5.16 Å². The number of carbonyl (C=O) groups excluding carboxylic acids is 1. The summed E-state index contributed by atoms with van der Waals surface area (Å²) in [6.45, 7) is 2.43. The summed E-state index contributed by atoms with van der Waals surface area (Å²) in [5.74, 6) is -0.480. The van der Waals surface area contributed by atoms with Gasteiger partial charge in [-0.3, -0.25) is 4.79 Å². The van der Waals surface area contributed by atoms with Crippen LogP contribution in [0.25, 0.3) is 11.0 Å². The molecule has 7 heteroatoms. The van der Waals surface area contributed by atoms with E-state index in [0.717, 1.165) is 5.39 Å². The molecule has 0 saturated carbocycles. The molecule has 0 aliphatic rings. The Kier molecular flexibility index (Phi) is 4.06. The van der Waals surface area contributed by atoms with Crippen LogP contribution in [0.5, 0.6) is 0 Å². The summed E-state index contributed by atoms with van der Waals surface area (Å²) in [6, 6.07) is 1.68. The molecule has 102 valence electrons. The zero-order valence-corrected chi connectivity index (χ0v) is 11.9. The highest BCUT2D eigenvalue weighted by atomic mass is 32.2. The molecule has 1 amide bonds. The van der Waals surface area contributed by atoms with Gasteiger partial charge in [0.2, 0.25) is 0 Å². The lowest BCUT2D eigenvalue weighted by Gasteiger charge is -2.16. The molecule has 2 rings (SSSR count). The molecule has 0 aromatic carbocycles. The Balaban J connectivity index is 2.66. The number of methoxy groups -OCH3 is 1. The summed E-state index contributed by atoms with van der Waals surface area (Å²) in [4.78, 5) is 20.2. The average molecular weight is 280 g/mol. The standard InChI is InChI=1S/C12H16N4O2S/c1-7(6-18-2)16-9(10(13)17)4-8-5-14-12(19-3)15-11(8)16/h4-5,7H,6H2,1-3H3,(H2,13,17)/t7-/m0/s1. The van der Waals surface area contributed by atoms with Crippen molar-refractivity contribution in [2.75, 3.05) is 20.0 Å². The Morgan fingerprint density at radius 1 is 1.63 bits per heavy atom. The van der Waals surface area contributed by atoms with E-state index in [-0.39, 0.29) is 6.04 Å². The minimum Gasteiger partial charge on any atom is -0.383 e. The zero-order valence-electron chi connectivity index (χ0n) is 11.1. The molecule has 0 fully saturated rings. The number of fused-ring (bicyclic) bond motifs is 1. The fourth-order valence-electron chi connectivity index (χ4n) is 2.04. The smallest absolute Gasteiger partial charge is 0.265 e. The van der Waals surface area contributed by atoms with Crippen molar-refractivity contribution in [2.24, 2.45) is 5.73 Å². The van der Waals surface area contributed by atoms with Crippen molar-refractivity contribution in [1.82, 2.24) is 14.5 Å². The van der Waals surface area contributed by atoms with E-state index in [1.165, 1.54) is 11.8 Å². The second kappa shape index (κ2) is 5.58. The molecule has 1 atom stereocenters. The van der Waals surface area contributed by atoms with Gasteiger partial charge < -0.3 is 15.0 Å². The molecule has 0 aliphatic heterocycles. The fraction of sp³-hybridized carbons (Fsp3) is 0.417. The molecule has 0 radical (unpaired) electrons. The summed E-state index contributed by atoms with van der Waals surface area (Å²) < 4.78 is 6.95. The van der Waals surface area contributed by atoms with Crippen molar-refractivity contribution in [2.45, 2.75) is 18.1 Å². The van der Waals surface area contributed by atoms with E-state index in [2.05, 4.69) is 9.97 Å². The van der Waals surface area contributed by atoms with Crippen LogP contribution in [0.1, 0.15) is 23.5 Å². The molecule has 2 aromatic rings. The molecule has 6 nitrogen and oxygen atoms in total. The number of hydrogen-bond acceptors (Lipinski definition) is 5. The Morgan fingerprint density at radius 2 is 2.37 bits per heavy atom. The van der Waals surface area contributed by atoms with Crippen molar-refractivity contribution in [1.29, 1.82) is 0 Å². The number of primary amides is 1. The van der Waals surface area contributed by atoms with Crippen LogP contribution < -0.4 is 5.73 Å². The lowest BCUT2D eigenvalue weighted by Crippen LogP contribution is -2.21. The van der Waals surface area contributed by atoms with Crippen LogP contribution in [0.3, 0.4) is 0 Å². The van der Waals surface area contributed by atoms with Gasteiger partial charge in [-0.2, -0.15) is 0 Å². The van der Waals surface area contributed by atoms with E-state index in [1.807, 2.05) is 17.7 Å². The van der Waals surface area contributed by atoms with Crippen molar-refractivity contribution < 1.29 is 9.53 Å². The van der Waals surface area contributed by atoms with Gasteiger partial charge in [0.1, 0.15) is 11.3 Å². The molecule has 19 heavy (non-hydrogen) atoms. The van der Waals surface area contributed by atoms with E-state index in [9.17, 15) is 4.79 Å². The van der Waals surface area contributed by atoms with Crippen molar-refractivity contribution >= 4 is 28.7 Å². The lowest BCUT2D eigenvalue weighted by molar-refractivity contribution is 0.0984. The van der Waals surface area contributed by atoms with Gasteiger partial charge in [0.25, 0.3) is 5.91 Å². The van der Waals surface area contributed by atoms with Crippen LogP contribution in [-0.2, 0) is 4.74 Å². The largest absolute Gasteiger partial charge is 0.383 e. The molecule has 0 spiro atoms. The van der Waals surface area contributed by atoms with Crippen molar-refractivity contribution in [3.63, 3.8) is 0 Å². The molecular formula is C12H16N4O2S. The number of thioether (sulfide) groups is 1. The molecule has 2 heterocycles. The van der Waals surface area contributed by atoms with E-state index in [1.54, 1.807) is 19.4 Å². The highest BCUT2D eigenvalue weighted by Crippen LogP contribution is 2.24. The number of ether oxygens (including phenoxy) is 1. The topological polar surface area (TPSA) is 83.0 Å². The zero-order chi connectivity index (χ0) is 14.0. The first-order valence-electron chi connectivity index (χ1n) is 5.79. The van der Waals surface area contributed by atoms with Crippen molar-refractivity contribution in [3.8, 4) is 0 Å². The van der Waals surface area contributed by atoms with Gasteiger partial charge >= 0.3 is 0 Å². The molecule has 0 aliphatic carbocycles. The monoisotopic (exact) mass is 280 g/mol. The van der Waals surface area contributed by atoms with E-state index < -0.39 is 5.91 Å². The normalized spacial score (nSPS) is 12.8. The Morgan fingerprint density at radius 3 is 2.95 bits per heavy atom. The Bertz CT molecular complexity index is 611. The third-order valence-corrected chi connectivity index (χ3v) is 3.40. The SMILES string of the molecule is COC[C@H](C)n1c(C(N)=O)cc2cnc(SC)nc21. The van der Waals surface area contributed by atoms with Crippen LogP contribution in [-0.4, -0.2) is 40.4 Å². The van der Waals surface area contributed by atoms with Gasteiger partial charge in [-0.1, -0.05) is 11.8 Å². The predicted molar refractivity (Wildman–Crippen MR) is 74.4 cm³/mol. The van der Waals surface area contributed by atoms with Crippen LogP contribution in [0.15, 0.2) is 17.4 Å². The van der Waals surface area contributed by atoms with E-state index in [4.69, 9.17) is 10.5 Å². The number of nitrogens with two attached hydrogens (primary N) is 1. The first-order valence-corrected chi connectivity index (χ1v) is 7.01. The summed E-state index contributed by atoms with van der Waals surface area (Å²) in [5.41, 5.74) is 6.56. The number of hydrogen-bond donors (Lipinski definition) is 1. The van der Waals surface area contributed by atoms with Crippen LogP contribution >= 0.6 is 11.8 Å². The highest BCUT2D eigenvalue weighted by Gasteiger charge is 2.19. The molecule has 0 saturated heterocycles. The third kappa shape index (κ3) is 2.57. The summed E-state index contributed by atoms with van der Waals surface area (Å²) in [5, 5.41) is 1.46. The quantitative estimate of drug-likeness (QED) is 0.662. The second-order valence-electron chi connectivity index (χ2n) is 4.20. The molecule has 2 N–H and O–H groups in total. The first-order chi connectivity index (χ1) is 9.08. The number of aromatic nitrogens is 3. The van der Waals surface area contributed by atoms with Crippen LogP contribution in [0.2, 0.25) is 0 Å². The predicted octanol–water partition coefficient (Wildman–Crippen LogP) is 1.46. The van der Waals surface area contributed by atoms with Gasteiger partial charge in [-0.05, 0) is 19.2 Å². The van der Waals surface area contributed by atoms with Gasteiger partial charge in [0, 0.05) is 18.7 Å². The maximum atomic E-state index is 11.6. The number of carbonyl (C=O) groups is 1. The molecule has 0 bridgehead atoms. The highest BCUT2D eigenvalue weighted by molar-refractivity contribution is 7.98. The van der Waals surface area contributed by atoms with Crippen LogP contribution in [0, 0.1) is 0 Å². The van der Waals surface area contributed by atoms with E-state index in [0.29, 0.717) is 23.1 Å². The Labute approximate surface area is 115 Å². The second-order valence-corrected chi connectivity index (χ2v) is 4.98. The van der Waals surface area contributed by atoms with Crippen molar-refractivity contribution in [3.05, 3.63) is 18.0 Å². The third-order valence-electron chi connectivity index (χ3n) is 2.84. The Hall–Kier alpha value is -1.60. The molecule has 2 aromatic heterocycles. The van der Waals surface area contributed by atoms with Gasteiger partial charge in [-0.25, -0.2) is 9.97 Å². The summed E-state index contributed by atoms with van der Waals surface area (Å²) >= 11 is 1.45. The fourth-order valence-corrected chi connectivity index (χ4v) is 2.38. The maximum Gasteiger partial charge on any atom is 0.265 e. The lowest BCUT2D eigenvalue weighted by atomic mass is 10.3. The number of nitrogens with zero attached hydrogens (tertiary/aromatic N) is 3. The van der Waals surface area contributed by atoms with E-state index >= 15 is 0 Å². The average Bonchev–Trinajstić information content (AvgIpc) is 2.77. The number of rotatable bonds is 5. The van der Waals surface area contributed by atoms with Crippen LogP contribution in [0.4, 0.5) is 0 Å². The first kappa shape index (κ1) is 13.8. The molecular weight excluding hydrogens is 264 g/mol. The maximum absolute atomic E-state index is 11.6. The minimum atomic E-state index is -0.480. The van der Waals surface area contributed by atoms with Gasteiger partial charge in [0.05, 0.1) is 12.6 Å². The number of amides is 1. The molecule has 0 unspecified atom stereocenters. The summed E-state index contributed by atoms with van der Waals surface area (Å²) in [7, 11) is 1.62.